The van der Waals surface area contributed by atoms with Gasteiger partial charge in [0.25, 0.3) is 5.91 Å². The number of amides is 1. The second-order valence-corrected chi connectivity index (χ2v) is 7.08. The monoisotopic (exact) mass is 428 g/mol. The molecular weight excluding hydrogens is 400 g/mol. The van der Waals surface area contributed by atoms with Gasteiger partial charge in [0.1, 0.15) is 0 Å². The molecule has 0 aliphatic carbocycles. The maximum atomic E-state index is 12.8. The summed E-state index contributed by atoms with van der Waals surface area (Å²) in [6.07, 6.45) is 0.421. The number of hydrogen-bond donors (Lipinski definition) is 1. The maximum Gasteiger partial charge on any atom is 0.255 e. The second-order valence-electron chi connectivity index (χ2n) is 7.08. The Morgan fingerprint density at radius 3 is 2.26 bits per heavy atom. The van der Waals surface area contributed by atoms with Crippen molar-refractivity contribution in [3.05, 3.63) is 47.5 Å². The zero-order valence-corrected chi connectivity index (χ0v) is 18.1. The first-order valence-electron chi connectivity index (χ1n) is 10.1. The standard InChI is InChI=1S/C23H28N2O6/c1-28-20-14-17(15-21(29-2)22(20)30-3)23(27)24-18-6-4-5-16(13-18)19(26)7-8-25-9-11-31-12-10-25/h4-6,13-15H,7-12H2,1-3H3,(H,24,27). The SMILES string of the molecule is COc1cc(C(=O)Nc2cccc(C(=O)CCN3CCOCC3)c2)cc(OC)c1OC. The molecule has 3 rings (SSSR count). The van der Waals surface area contributed by atoms with Crippen molar-refractivity contribution in [3.8, 4) is 17.2 Å². The number of morpholine rings is 1. The molecule has 0 aromatic heterocycles. The van der Waals surface area contributed by atoms with Gasteiger partial charge in [0.2, 0.25) is 5.75 Å². The van der Waals surface area contributed by atoms with Crippen LogP contribution in [-0.4, -0.2) is 70.8 Å². The van der Waals surface area contributed by atoms with E-state index in [-0.39, 0.29) is 11.7 Å². The number of ketones is 1. The Balaban J connectivity index is 1.68. The van der Waals surface area contributed by atoms with Crippen molar-refractivity contribution in [2.75, 3.05) is 59.5 Å². The van der Waals surface area contributed by atoms with E-state index in [9.17, 15) is 9.59 Å². The molecule has 2 aromatic carbocycles. The maximum absolute atomic E-state index is 12.8. The molecule has 0 atom stereocenters. The molecule has 1 aliphatic rings. The average molecular weight is 428 g/mol. The molecule has 0 spiro atoms. The summed E-state index contributed by atoms with van der Waals surface area (Å²) in [7, 11) is 4.48. The van der Waals surface area contributed by atoms with Gasteiger partial charge in [-0.3, -0.25) is 14.5 Å². The van der Waals surface area contributed by atoms with Gasteiger partial charge in [0, 0.05) is 42.9 Å². The Kier molecular flexibility index (Phi) is 7.86. The second kappa shape index (κ2) is 10.8. The number of ether oxygens (including phenoxy) is 4. The van der Waals surface area contributed by atoms with Gasteiger partial charge in [-0.05, 0) is 24.3 Å². The number of Topliss-reactive ketones (excluding diaryl/α,β-unsaturated/α-hetero) is 1. The van der Waals surface area contributed by atoms with E-state index in [1.54, 1.807) is 36.4 Å². The van der Waals surface area contributed by atoms with Gasteiger partial charge in [-0.25, -0.2) is 0 Å². The van der Waals surface area contributed by atoms with Gasteiger partial charge in [0.15, 0.2) is 17.3 Å². The number of methoxy groups -OCH3 is 3. The Labute approximate surface area is 182 Å². The molecule has 31 heavy (non-hydrogen) atoms. The summed E-state index contributed by atoms with van der Waals surface area (Å²) >= 11 is 0. The molecule has 8 heteroatoms. The highest BCUT2D eigenvalue weighted by molar-refractivity contribution is 6.06. The molecule has 2 aromatic rings. The van der Waals surface area contributed by atoms with Crippen LogP contribution < -0.4 is 19.5 Å². The molecule has 1 heterocycles. The number of benzene rings is 2. The van der Waals surface area contributed by atoms with Crippen LogP contribution in [0.1, 0.15) is 27.1 Å². The molecule has 0 saturated carbocycles. The van der Waals surface area contributed by atoms with Crippen LogP contribution in [0.4, 0.5) is 5.69 Å². The van der Waals surface area contributed by atoms with Crippen LogP contribution in [0.2, 0.25) is 0 Å². The van der Waals surface area contributed by atoms with Gasteiger partial charge in [-0.2, -0.15) is 0 Å². The molecule has 1 saturated heterocycles. The minimum Gasteiger partial charge on any atom is -0.493 e. The molecule has 0 bridgehead atoms. The summed E-state index contributed by atoms with van der Waals surface area (Å²) in [6, 6.07) is 10.1. The highest BCUT2D eigenvalue weighted by Gasteiger charge is 2.18. The quantitative estimate of drug-likeness (QED) is 0.615. The van der Waals surface area contributed by atoms with Crippen molar-refractivity contribution in [3.63, 3.8) is 0 Å². The third kappa shape index (κ3) is 5.74. The minimum atomic E-state index is -0.350. The van der Waals surface area contributed by atoms with Crippen LogP contribution in [0.25, 0.3) is 0 Å². The molecule has 0 radical (unpaired) electrons. The van der Waals surface area contributed by atoms with Gasteiger partial charge >= 0.3 is 0 Å². The fourth-order valence-electron chi connectivity index (χ4n) is 3.41. The van der Waals surface area contributed by atoms with Crippen LogP contribution in [-0.2, 0) is 4.74 Å². The van der Waals surface area contributed by atoms with E-state index >= 15 is 0 Å². The Bertz CT molecular complexity index is 899. The minimum absolute atomic E-state index is 0.0374. The average Bonchev–Trinajstić information content (AvgIpc) is 2.82. The number of rotatable bonds is 9. The van der Waals surface area contributed by atoms with Gasteiger partial charge in [-0.1, -0.05) is 12.1 Å². The molecule has 1 aliphatic heterocycles. The number of anilines is 1. The van der Waals surface area contributed by atoms with Gasteiger partial charge < -0.3 is 24.3 Å². The van der Waals surface area contributed by atoms with Gasteiger partial charge in [-0.15, -0.1) is 0 Å². The summed E-state index contributed by atoms with van der Waals surface area (Å²) in [5.74, 6) is 0.875. The number of carbonyl (C=O) groups excluding carboxylic acids is 2. The number of carbonyl (C=O) groups is 2. The lowest BCUT2D eigenvalue weighted by molar-refractivity contribution is 0.0370. The molecule has 166 valence electrons. The zero-order valence-electron chi connectivity index (χ0n) is 18.1. The third-order valence-corrected chi connectivity index (χ3v) is 5.13. The summed E-state index contributed by atoms with van der Waals surface area (Å²) in [6.45, 7) is 3.80. The fraction of sp³-hybridized carbons (Fsp3) is 0.391. The smallest absolute Gasteiger partial charge is 0.255 e. The van der Waals surface area contributed by atoms with Crippen LogP contribution >= 0.6 is 0 Å². The highest BCUT2D eigenvalue weighted by atomic mass is 16.5. The molecule has 1 amide bonds. The van der Waals surface area contributed by atoms with E-state index in [0.717, 1.165) is 13.1 Å². The number of nitrogens with zero attached hydrogens (tertiary/aromatic N) is 1. The molecule has 0 unspecified atom stereocenters. The van der Waals surface area contributed by atoms with Crippen molar-refractivity contribution >= 4 is 17.4 Å². The summed E-state index contributed by atoms with van der Waals surface area (Å²) in [5.41, 5.74) is 1.45. The highest BCUT2D eigenvalue weighted by Crippen LogP contribution is 2.38. The van der Waals surface area contributed by atoms with Crippen molar-refractivity contribution in [1.82, 2.24) is 4.90 Å². The van der Waals surface area contributed by atoms with Crippen LogP contribution in [0.15, 0.2) is 36.4 Å². The molecule has 8 nitrogen and oxygen atoms in total. The van der Waals surface area contributed by atoms with Crippen molar-refractivity contribution in [2.45, 2.75) is 6.42 Å². The van der Waals surface area contributed by atoms with E-state index in [1.165, 1.54) is 21.3 Å². The predicted octanol–water partition coefficient (Wildman–Crippen LogP) is 2.87. The molecule has 1 fully saturated rings. The lowest BCUT2D eigenvalue weighted by Crippen LogP contribution is -2.37. The first-order chi connectivity index (χ1) is 15.0. The lowest BCUT2D eigenvalue weighted by Gasteiger charge is -2.26. The third-order valence-electron chi connectivity index (χ3n) is 5.13. The van der Waals surface area contributed by atoms with E-state index < -0.39 is 0 Å². The Hall–Kier alpha value is -3.10. The first-order valence-corrected chi connectivity index (χ1v) is 10.1. The Morgan fingerprint density at radius 2 is 1.65 bits per heavy atom. The largest absolute Gasteiger partial charge is 0.493 e. The summed E-state index contributed by atoms with van der Waals surface area (Å²) in [5, 5.41) is 2.83. The molecule has 1 N–H and O–H groups in total. The zero-order chi connectivity index (χ0) is 22.2. The van der Waals surface area contributed by atoms with Crippen molar-refractivity contribution in [1.29, 1.82) is 0 Å². The van der Waals surface area contributed by atoms with Gasteiger partial charge in [0.05, 0.1) is 34.5 Å². The van der Waals surface area contributed by atoms with Crippen molar-refractivity contribution < 1.29 is 28.5 Å². The van der Waals surface area contributed by atoms with E-state index in [2.05, 4.69) is 10.2 Å². The van der Waals surface area contributed by atoms with Crippen LogP contribution in [0.5, 0.6) is 17.2 Å². The normalized spacial score (nSPS) is 14.0. The Morgan fingerprint density at radius 1 is 0.968 bits per heavy atom. The topological polar surface area (TPSA) is 86.3 Å². The number of nitrogens with one attached hydrogen (secondary N) is 1. The fourth-order valence-corrected chi connectivity index (χ4v) is 3.41. The first kappa shape index (κ1) is 22.6. The van der Waals surface area contributed by atoms with Crippen LogP contribution in [0.3, 0.4) is 0 Å². The molecular formula is C23H28N2O6. The summed E-state index contributed by atoms with van der Waals surface area (Å²) in [4.78, 5) is 27.6. The lowest BCUT2D eigenvalue weighted by atomic mass is 10.1. The summed E-state index contributed by atoms with van der Waals surface area (Å²) < 4.78 is 21.2. The van der Waals surface area contributed by atoms with Crippen molar-refractivity contribution in [2.24, 2.45) is 0 Å². The predicted molar refractivity (Wildman–Crippen MR) is 117 cm³/mol. The van der Waals surface area contributed by atoms with E-state index in [4.69, 9.17) is 18.9 Å². The van der Waals surface area contributed by atoms with E-state index in [0.29, 0.717) is 60.2 Å². The van der Waals surface area contributed by atoms with Crippen LogP contribution in [0, 0.1) is 0 Å². The number of hydrogen-bond acceptors (Lipinski definition) is 7. The van der Waals surface area contributed by atoms with E-state index in [1.807, 2.05) is 0 Å².